The van der Waals surface area contributed by atoms with Crippen molar-refractivity contribution in [1.29, 1.82) is 0 Å². The molecule has 0 spiro atoms. The Labute approximate surface area is 135 Å². The lowest BCUT2D eigenvalue weighted by Crippen LogP contribution is -2.31. The molecule has 5 heteroatoms. The lowest BCUT2D eigenvalue weighted by Gasteiger charge is -2.24. The van der Waals surface area contributed by atoms with Crippen molar-refractivity contribution in [2.24, 2.45) is 0 Å². The van der Waals surface area contributed by atoms with Crippen molar-refractivity contribution in [3.8, 4) is 0 Å². The maximum absolute atomic E-state index is 12.8. The summed E-state index contributed by atoms with van der Waals surface area (Å²) >= 11 is 0. The molecule has 2 aliphatic rings. The van der Waals surface area contributed by atoms with Crippen LogP contribution in [0, 0.1) is 0 Å². The van der Waals surface area contributed by atoms with E-state index in [-0.39, 0.29) is 11.9 Å². The summed E-state index contributed by atoms with van der Waals surface area (Å²) in [6.07, 6.45) is 7.88. The van der Waals surface area contributed by atoms with Crippen LogP contribution >= 0.6 is 0 Å². The zero-order chi connectivity index (χ0) is 15.6. The van der Waals surface area contributed by atoms with E-state index in [0.717, 1.165) is 30.9 Å². The molecule has 2 fully saturated rings. The number of rotatable bonds is 4. The Morgan fingerprint density at radius 3 is 2.74 bits per heavy atom. The largest absolute Gasteiger partial charge is 0.367 e. The minimum atomic E-state index is 0.0450. The highest BCUT2D eigenvalue weighted by molar-refractivity contribution is 5.94. The molecule has 0 unspecified atom stereocenters. The molecule has 4 rings (SSSR count). The molecule has 1 amide bonds. The van der Waals surface area contributed by atoms with Crippen LogP contribution in [0.3, 0.4) is 0 Å². The molecule has 3 heterocycles. The lowest BCUT2D eigenvalue weighted by molar-refractivity contribution is 0.0732. The van der Waals surface area contributed by atoms with Gasteiger partial charge in [-0.3, -0.25) is 9.78 Å². The minimum absolute atomic E-state index is 0.0450. The molecule has 5 nitrogen and oxygen atoms in total. The number of carbonyl (C=O) groups is 1. The van der Waals surface area contributed by atoms with Crippen LogP contribution in [-0.2, 0) is 0 Å². The van der Waals surface area contributed by atoms with Crippen molar-refractivity contribution in [2.45, 2.75) is 37.8 Å². The second-order valence-electron chi connectivity index (χ2n) is 6.26. The summed E-state index contributed by atoms with van der Waals surface area (Å²) in [4.78, 5) is 23.5. The first-order valence-electron chi connectivity index (χ1n) is 8.26. The van der Waals surface area contributed by atoms with Gasteiger partial charge >= 0.3 is 0 Å². The van der Waals surface area contributed by atoms with Gasteiger partial charge in [-0.05, 0) is 49.9 Å². The third kappa shape index (κ3) is 3.04. The number of nitrogens with one attached hydrogen (secondary N) is 1. The highest BCUT2D eigenvalue weighted by Crippen LogP contribution is 2.32. The molecule has 0 radical (unpaired) electrons. The van der Waals surface area contributed by atoms with E-state index in [4.69, 9.17) is 0 Å². The van der Waals surface area contributed by atoms with Gasteiger partial charge < -0.3 is 10.2 Å². The highest BCUT2D eigenvalue weighted by Gasteiger charge is 2.31. The molecule has 1 N–H and O–H groups in total. The van der Waals surface area contributed by atoms with E-state index in [0.29, 0.717) is 11.6 Å². The van der Waals surface area contributed by atoms with E-state index >= 15 is 0 Å². The Kier molecular flexibility index (Phi) is 3.69. The highest BCUT2D eigenvalue weighted by atomic mass is 16.2. The van der Waals surface area contributed by atoms with Crippen molar-refractivity contribution in [3.05, 3.63) is 54.0 Å². The number of likely N-dealkylation sites (tertiary alicyclic amines) is 1. The first-order chi connectivity index (χ1) is 11.3. The number of pyridine rings is 2. The molecule has 118 valence electrons. The number of nitrogens with zero attached hydrogens (tertiary/aromatic N) is 3. The monoisotopic (exact) mass is 308 g/mol. The predicted molar refractivity (Wildman–Crippen MR) is 88.1 cm³/mol. The molecular formula is C18H20N4O. The predicted octanol–water partition coefficient (Wildman–Crippen LogP) is 3.03. The standard InChI is InChI=1S/C18H20N4O/c23-18(13-6-9-17(20-12-13)21-14-7-8-14)22-11-3-5-16(22)15-4-1-2-10-19-15/h1-2,4,6,9-10,12,14,16H,3,5,7-8,11H2,(H,20,21)/t16-/m0/s1. The molecule has 1 atom stereocenters. The van der Waals surface area contributed by atoms with Crippen LogP contribution in [0.1, 0.15) is 47.8 Å². The van der Waals surface area contributed by atoms with Gasteiger partial charge in [-0.15, -0.1) is 0 Å². The summed E-state index contributed by atoms with van der Waals surface area (Å²) in [6, 6.07) is 10.3. The number of aromatic nitrogens is 2. The summed E-state index contributed by atoms with van der Waals surface area (Å²) in [6.45, 7) is 0.780. The molecule has 1 saturated heterocycles. The van der Waals surface area contributed by atoms with Crippen LogP contribution in [0.2, 0.25) is 0 Å². The Morgan fingerprint density at radius 2 is 2.04 bits per heavy atom. The van der Waals surface area contributed by atoms with Crippen LogP contribution in [0.4, 0.5) is 5.82 Å². The van der Waals surface area contributed by atoms with Crippen LogP contribution < -0.4 is 5.32 Å². The average molecular weight is 308 g/mol. The smallest absolute Gasteiger partial charge is 0.255 e. The van der Waals surface area contributed by atoms with E-state index in [9.17, 15) is 4.79 Å². The number of hydrogen-bond acceptors (Lipinski definition) is 4. The zero-order valence-electron chi connectivity index (χ0n) is 13.0. The van der Waals surface area contributed by atoms with Crippen molar-refractivity contribution >= 4 is 11.7 Å². The van der Waals surface area contributed by atoms with Gasteiger partial charge in [-0.1, -0.05) is 6.07 Å². The molecule has 0 bridgehead atoms. The summed E-state index contributed by atoms with van der Waals surface area (Å²) in [5, 5.41) is 3.34. The van der Waals surface area contributed by atoms with E-state index in [1.54, 1.807) is 12.4 Å². The average Bonchev–Trinajstić information content (AvgIpc) is 3.27. The van der Waals surface area contributed by atoms with E-state index < -0.39 is 0 Å². The number of anilines is 1. The SMILES string of the molecule is O=C(c1ccc(NC2CC2)nc1)N1CCC[C@H]1c1ccccn1. The molecule has 1 aliphatic heterocycles. The van der Waals surface area contributed by atoms with Gasteiger partial charge in [0, 0.05) is 25.0 Å². The molecule has 2 aromatic rings. The first-order valence-corrected chi connectivity index (χ1v) is 8.26. The fourth-order valence-corrected chi connectivity index (χ4v) is 3.10. The molecule has 1 aliphatic carbocycles. The second-order valence-corrected chi connectivity index (χ2v) is 6.26. The fraction of sp³-hybridized carbons (Fsp3) is 0.389. The van der Waals surface area contributed by atoms with E-state index in [1.807, 2.05) is 35.2 Å². The fourth-order valence-electron chi connectivity index (χ4n) is 3.10. The number of carbonyl (C=O) groups excluding carboxylic acids is 1. The topological polar surface area (TPSA) is 58.1 Å². The minimum Gasteiger partial charge on any atom is -0.367 e. The van der Waals surface area contributed by atoms with Gasteiger partial charge in [0.2, 0.25) is 0 Å². The van der Waals surface area contributed by atoms with Crippen molar-refractivity contribution in [2.75, 3.05) is 11.9 Å². The molecule has 23 heavy (non-hydrogen) atoms. The Balaban J connectivity index is 1.50. The molecular weight excluding hydrogens is 288 g/mol. The molecule has 2 aromatic heterocycles. The Bertz CT molecular complexity index is 682. The third-order valence-electron chi connectivity index (χ3n) is 4.48. The summed E-state index contributed by atoms with van der Waals surface area (Å²) in [5.41, 5.74) is 1.62. The van der Waals surface area contributed by atoms with E-state index in [2.05, 4.69) is 15.3 Å². The molecule has 1 saturated carbocycles. The number of hydrogen-bond donors (Lipinski definition) is 1. The van der Waals surface area contributed by atoms with Crippen LogP contribution in [0.15, 0.2) is 42.7 Å². The number of amides is 1. The Hall–Kier alpha value is -2.43. The van der Waals surface area contributed by atoms with Crippen LogP contribution in [0.5, 0.6) is 0 Å². The van der Waals surface area contributed by atoms with Gasteiger partial charge in [0.15, 0.2) is 0 Å². The Morgan fingerprint density at radius 1 is 1.13 bits per heavy atom. The van der Waals surface area contributed by atoms with E-state index in [1.165, 1.54) is 12.8 Å². The van der Waals surface area contributed by atoms with Gasteiger partial charge in [0.25, 0.3) is 5.91 Å². The summed E-state index contributed by atoms with van der Waals surface area (Å²) in [7, 11) is 0. The van der Waals surface area contributed by atoms with Crippen LogP contribution in [0.25, 0.3) is 0 Å². The first kappa shape index (κ1) is 14.2. The van der Waals surface area contributed by atoms with Crippen molar-refractivity contribution in [1.82, 2.24) is 14.9 Å². The maximum Gasteiger partial charge on any atom is 0.255 e. The molecule has 0 aromatic carbocycles. The summed E-state index contributed by atoms with van der Waals surface area (Å²) < 4.78 is 0. The quantitative estimate of drug-likeness (QED) is 0.943. The van der Waals surface area contributed by atoms with Gasteiger partial charge in [-0.2, -0.15) is 0 Å². The van der Waals surface area contributed by atoms with Crippen molar-refractivity contribution in [3.63, 3.8) is 0 Å². The lowest BCUT2D eigenvalue weighted by atomic mass is 10.1. The van der Waals surface area contributed by atoms with Crippen LogP contribution in [-0.4, -0.2) is 33.4 Å². The second kappa shape index (κ2) is 5.99. The maximum atomic E-state index is 12.8. The summed E-state index contributed by atoms with van der Waals surface area (Å²) in [5.74, 6) is 0.898. The van der Waals surface area contributed by atoms with Gasteiger partial charge in [-0.25, -0.2) is 4.98 Å². The van der Waals surface area contributed by atoms with Gasteiger partial charge in [0.1, 0.15) is 5.82 Å². The van der Waals surface area contributed by atoms with Crippen molar-refractivity contribution < 1.29 is 4.79 Å². The zero-order valence-corrected chi connectivity index (χ0v) is 13.0. The normalized spacial score (nSPS) is 20.5. The third-order valence-corrected chi connectivity index (χ3v) is 4.48. The van der Waals surface area contributed by atoms with Gasteiger partial charge in [0.05, 0.1) is 17.3 Å².